The molecule has 1 saturated heterocycles. The molecule has 1 fully saturated rings. The second-order valence-corrected chi connectivity index (χ2v) is 5.01. The lowest BCUT2D eigenvalue weighted by Gasteiger charge is -2.29. The van der Waals surface area contributed by atoms with Gasteiger partial charge in [0.25, 0.3) is 0 Å². The van der Waals surface area contributed by atoms with Gasteiger partial charge in [-0.05, 0) is 24.1 Å². The lowest BCUT2D eigenvalue weighted by atomic mass is 10.1. The SMILES string of the molecule is CC(CNCc1cc[nH]c1)CN1CCNCC1. The van der Waals surface area contributed by atoms with E-state index in [0.29, 0.717) is 5.92 Å². The first-order chi connectivity index (χ1) is 8.34. The van der Waals surface area contributed by atoms with E-state index in [1.165, 1.54) is 25.2 Å². The van der Waals surface area contributed by atoms with Crippen molar-refractivity contribution in [3.05, 3.63) is 24.0 Å². The van der Waals surface area contributed by atoms with E-state index in [1.807, 2.05) is 12.4 Å². The van der Waals surface area contributed by atoms with Crippen molar-refractivity contribution in [2.24, 2.45) is 5.92 Å². The Kier molecular flexibility index (Phi) is 5.04. The first-order valence-electron chi connectivity index (χ1n) is 6.60. The van der Waals surface area contributed by atoms with E-state index in [9.17, 15) is 0 Å². The van der Waals surface area contributed by atoms with Crippen molar-refractivity contribution < 1.29 is 0 Å². The van der Waals surface area contributed by atoms with E-state index in [2.05, 4.69) is 33.5 Å². The minimum Gasteiger partial charge on any atom is -0.367 e. The summed E-state index contributed by atoms with van der Waals surface area (Å²) in [5.41, 5.74) is 1.33. The van der Waals surface area contributed by atoms with E-state index in [-0.39, 0.29) is 0 Å². The zero-order chi connectivity index (χ0) is 11.9. The summed E-state index contributed by atoms with van der Waals surface area (Å²) < 4.78 is 0. The maximum Gasteiger partial charge on any atom is 0.0220 e. The van der Waals surface area contributed by atoms with Crippen molar-refractivity contribution in [1.82, 2.24) is 20.5 Å². The van der Waals surface area contributed by atoms with Gasteiger partial charge in [-0.3, -0.25) is 0 Å². The minimum atomic E-state index is 0.715. The number of nitrogens with one attached hydrogen (secondary N) is 3. The van der Waals surface area contributed by atoms with Crippen LogP contribution in [0.3, 0.4) is 0 Å². The number of hydrogen-bond donors (Lipinski definition) is 3. The van der Waals surface area contributed by atoms with Gasteiger partial charge in [0.05, 0.1) is 0 Å². The fraction of sp³-hybridized carbons (Fsp3) is 0.692. The van der Waals surface area contributed by atoms with Gasteiger partial charge in [0, 0.05) is 51.7 Å². The summed E-state index contributed by atoms with van der Waals surface area (Å²) in [4.78, 5) is 5.63. The Balaban J connectivity index is 1.58. The minimum absolute atomic E-state index is 0.715. The molecule has 1 unspecified atom stereocenters. The zero-order valence-corrected chi connectivity index (χ0v) is 10.7. The maximum absolute atomic E-state index is 3.51. The predicted molar refractivity (Wildman–Crippen MR) is 71.0 cm³/mol. The molecule has 0 bridgehead atoms. The molecule has 0 spiro atoms. The van der Waals surface area contributed by atoms with E-state index in [0.717, 1.165) is 26.2 Å². The second kappa shape index (κ2) is 6.79. The molecule has 96 valence electrons. The largest absolute Gasteiger partial charge is 0.367 e. The molecule has 4 nitrogen and oxygen atoms in total. The van der Waals surface area contributed by atoms with Crippen LogP contribution in [-0.2, 0) is 6.54 Å². The molecule has 1 aliphatic heterocycles. The smallest absolute Gasteiger partial charge is 0.0220 e. The average molecular weight is 236 g/mol. The molecule has 0 aliphatic carbocycles. The standard InChI is InChI=1S/C13H24N4/c1-12(11-17-6-4-14-5-7-17)8-16-10-13-2-3-15-9-13/h2-3,9,12,14-16H,4-8,10-11H2,1H3. The Bertz CT molecular complexity index is 290. The highest BCUT2D eigenvalue weighted by Gasteiger charge is 2.12. The van der Waals surface area contributed by atoms with Gasteiger partial charge in [-0.1, -0.05) is 6.92 Å². The summed E-state index contributed by atoms with van der Waals surface area (Å²) in [7, 11) is 0. The monoisotopic (exact) mass is 236 g/mol. The van der Waals surface area contributed by atoms with Crippen LogP contribution < -0.4 is 10.6 Å². The Morgan fingerprint density at radius 2 is 2.24 bits per heavy atom. The van der Waals surface area contributed by atoms with Crippen LogP contribution in [0.2, 0.25) is 0 Å². The van der Waals surface area contributed by atoms with Crippen LogP contribution in [0.25, 0.3) is 0 Å². The third kappa shape index (κ3) is 4.50. The zero-order valence-electron chi connectivity index (χ0n) is 10.7. The third-order valence-corrected chi connectivity index (χ3v) is 3.26. The number of nitrogens with zero attached hydrogens (tertiary/aromatic N) is 1. The number of hydrogen-bond acceptors (Lipinski definition) is 3. The normalized spacial score (nSPS) is 19.4. The number of H-pyrrole nitrogens is 1. The van der Waals surface area contributed by atoms with E-state index < -0.39 is 0 Å². The Morgan fingerprint density at radius 1 is 1.41 bits per heavy atom. The van der Waals surface area contributed by atoms with Gasteiger partial charge >= 0.3 is 0 Å². The summed E-state index contributed by atoms with van der Waals surface area (Å²) in [5, 5.41) is 6.90. The van der Waals surface area contributed by atoms with Gasteiger partial charge in [0.15, 0.2) is 0 Å². The summed E-state index contributed by atoms with van der Waals surface area (Å²) in [6.45, 7) is 10.3. The molecule has 0 radical (unpaired) electrons. The molecule has 1 atom stereocenters. The molecule has 0 amide bonds. The van der Waals surface area contributed by atoms with E-state index >= 15 is 0 Å². The fourth-order valence-corrected chi connectivity index (χ4v) is 2.33. The van der Waals surface area contributed by atoms with Crippen LogP contribution in [0.5, 0.6) is 0 Å². The molecule has 1 aliphatic rings. The molecule has 0 aromatic carbocycles. The second-order valence-electron chi connectivity index (χ2n) is 5.01. The highest BCUT2D eigenvalue weighted by Crippen LogP contribution is 2.01. The predicted octanol–water partition coefficient (Wildman–Crippen LogP) is 0.646. The van der Waals surface area contributed by atoms with Crippen molar-refractivity contribution in [3.8, 4) is 0 Å². The molecule has 2 heterocycles. The van der Waals surface area contributed by atoms with Crippen molar-refractivity contribution in [3.63, 3.8) is 0 Å². The molecule has 0 saturated carbocycles. The molecule has 4 heteroatoms. The van der Waals surface area contributed by atoms with Crippen molar-refractivity contribution in [2.75, 3.05) is 39.3 Å². The molecular formula is C13H24N4. The fourth-order valence-electron chi connectivity index (χ4n) is 2.33. The number of aromatic amines is 1. The quantitative estimate of drug-likeness (QED) is 0.679. The van der Waals surface area contributed by atoms with E-state index in [1.54, 1.807) is 0 Å². The van der Waals surface area contributed by atoms with Crippen molar-refractivity contribution in [1.29, 1.82) is 0 Å². The van der Waals surface area contributed by atoms with Crippen LogP contribution in [0.4, 0.5) is 0 Å². The lowest BCUT2D eigenvalue weighted by molar-refractivity contribution is 0.209. The highest BCUT2D eigenvalue weighted by molar-refractivity contribution is 5.07. The Hall–Kier alpha value is -0.840. The third-order valence-electron chi connectivity index (χ3n) is 3.26. The van der Waals surface area contributed by atoms with Crippen LogP contribution >= 0.6 is 0 Å². The van der Waals surface area contributed by atoms with Crippen molar-refractivity contribution in [2.45, 2.75) is 13.5 Å². The van der Waals surface area contributed by atoms with Crippen LogP contribution in [0, 0.1) is 5.92 Å². The van der Waals surface area contributed by atoms with Crippen LogP contribution in [-0.4, -0.2) is 49.2 Å². The topological polar surface area (TPSA) is 43.1 Å². The van der Waals surface area contributed by atoms with Gasteiger partial charge in [0.2, 0.25) is 0 Å². The van der Waals surface area contributed by atoms with Gasteiger partial charge in [-0.25, -0.2) is 0 Å². The van der Waals surface area contributed by atoms with Gasteiger partial charge < -0.3 is 20.5 Å². The first kappa shape index (κ1) is 12.6. The van der Waals surface area contributed by atoms with Crippen LogP contribution in [0.1, 0.15) is 12.5 Å². The summed E-state index contributed by atoms with van der Waals surface area (Å²) in [5.74, 6) is 0.715. The molecular weight excluding hydrogens is 212 g/mol. The van der Waals surface area contributed by atoms with Gasteiger partial charge in [-0.15, -0.1) is 0 Å². The number of rotatable bonds is 6. The Labute approximate surface area is 104 Å². The maximum atomic E-state index is 3.51. The Morgan fingerprint density at radius 3 is 2.94 bits per heavy atom. The van der Waals surface area contributed by atoms with E-state index in [4.69, 9.17) is 0 Å². The number of piperazine rings is 1. The molecule has 17 heavy (non-hydrogen) atoms. The first-order valence-corrected chi connectivity index (χ1v) is 6.60. The summed E-state index contributed by atoms with van der Waals surface area (Å²) in [6, 6.07) is 2.12. The number of aromatic nitrogens is 1. The van der Waals surface area contributed by atoms with Crippen LogP contribution in [0.15, 0.2) is 18.5 Å². The van der Waals surface area contributed by atoms with Gasteiger partial charge in [0.1, 0.15) is 0 Å². The highest BCUT2D eigenvalue weighted by atomic mass is 15.2. The molecule has 3 N–H and O–H groups in total. The average Bonchev–Trinajstić information content (AvgIpc) is 2.83. The van der Waals surface area contributed by atoms with Crippen molar-refractivity contribution >= 4 is 0 Å². The molecule has 2 rings (SSSR count). The lowest BCUT2D eigenvalue weighted by Crippen LogP contribution is -2.45. The molecule has 1 aromatic heterocycles. The van der Waals surface area contributed by atoms with Gasteiger partial charge in [-0.2, -0.15) is 0 Å². The summed E-state index contributed by atoms with van der Waals surface area (Å²) >= 11 is 0. The molecule has 1 aromatic rings. The summed E-state index contributed by atoms with van der Waals surface area (Å²) in [6.07, 6.45) is 4.02.